The van der Waals surface area contributed by atoms with E-state index in [1.165, 1.54) is 0 Å². The van der Waals surface area contributed by atoms with Crippen molar-refractivity contribution in [2.45, 2.75) is 87.7 Å². The van der Waals surface area contributed by atoms with Gasteiger partial charge in [0.2, 0.25) is 0 Å². The Morgan fingerprint density at radius 3 is 1.56 bits per heavy atom. The van der Waals surface area contributed by atoms with Crippen molar-refractivity contribution in [3.05, 3.63) is 71.8 Å². The van der Waals surface area contributed by atoms with Crippen LogP contribution in [-0.2, 0) is 32.2 Å². The fraction of sp³-hybridized carbons (Fsp3) is 0.538. The zero-order chi connectivity index (χ0) is 22.0. The van der Waals surface area contributed by atoms with Crippen molar-refractivity contribution in [2.75, 3.05) is 0 Å². The second kappa shape index (κ2) is 9.59. The number of aliphatic hydroxyl groups excluding tert-OH is 2. The topological polar surface area (TPSA) is 77.4 Å². The molecule has 5 rings (SSSR count). The van der Waals surface area contributed by atoms with Crippen molar-refractivity contribution in [2.24, 2.45) is 0 Å². The van der Waals surface area contributed by atoms with Crippen LogP contribution >= 0.6 is 0 Å². The van der Waals surface area contributed by atoms with Gasteiger partial charge in [-0.3, -0.25) is 0 Å². The average molecular weight is 441 g/mol. The third-order valence-electron chi connectivity index (χ3n) is 6.88. The zero-order valence-corrected chi connectivity index (χ0v) is 18.2. The standard InChI is InChI=1S/C26H32O6/c27-20-21(28)23(30-17-19-12-6-2-7-13-19)25-24(31-26(32-25)14-8-3-9-15-26)22(20)29-16-18-10-4-1-5-11-18/h1-2,4-7,10-13,20-25,27-28H,3,8-9,14-17H2/t20-,21-,22-,23-,24+,25+/m0/s1. The highest BCUT2D eigenvalue weighted by atomic mass is 16.8. The molecule has 1 heterocycles. The Bertz CT molecular complexity index is 788. The normalized spacial score (nSPS) is 33.8. The highest BCUT2D eigenvalue weighted by molar-refractivity contribution is 5.15. The predicted molar refractivity (Wildman–Crippen MR) is 118 cm³/mol. The summed E-state index contributed by atoms with van der Waals surface area (Å²) in [7, 11) is 0. The molecule has 2 N–H and O–H groups in total. The summed E-state index contributed by atoms with van der Waals surface area (Å²) in [6.07, 6.45) is 0.174. The Morgan fingerprint density at radius 1 is 0.688 bits per heavy atom. The van der Waals surface area contributed by atoms with Crippen LogP contribution in [0.5, 0.6) is 0 Å². The van der Waals surface area contributed by atoms with Crippen LogP contribution in [0.2, 0.25) is 0 Å². The number of ether oxygens (including phenoxy) is 4. The second-order valence-electron chi connectivity index (χ2n) is 9.14. The summed E-state index contributed by atoms with van der Waals surface area (Å²) in [4.78, 5) is 0. The molecule has 32 heavy (non-hydrogen) atoms. The van der Waals surface area contributed by atoms with Gasteiger partial charge in [0, 0.05) is 12.8 Å². The molecular weight excluding hydrogens is 408 g/mol. The van der Waals surface area contributed by atoms with Gasteiger partial charge in [0.25, 0.3) is 0 Å². The Hall–Kier alpha value is -1.80. The highest BCUT2D eigenvalue weighted by Gasteiger charge is 2.61. The van der Waals surface area contributed by atoms with E-state index < -0.39 is 42.4 Å². The summed E-state index contributed by atoms with van der Waals surface area (Å²) in [5.41, 5.74) is 2.00. The van der Waals surface area contributed by atoms with E-state index in [9.17, 15) is 10.2 Å². The van der Waals surface area contributed by atoms with Gasteiger partial charge in [0.15, 0.2) is 5.79 Å². The van der Waals surface area contributed by atoms with Gasteiger partial charge in [-0.1, -0.05) is 67.1 Å². The summed E-state index contributed by atoms with van der Waals surface area (Å²) in [5, 5.41) is 22.1. The third kappa shape index (κ3) is 4.49. The average Bonchev–Trinajstić information content (AvgIpc) is 3.19. The maximum Gasteiger partial charge on any atom is 0.169 e. The molecule has 0 radical (unpaired) electrons. The lowest BCUT2D eigenvalue weighted by Crippen LogP contribution is -2.63. The number of fused-ring (bicyclic) bond motifs is 1. The number of hydrogen-bond donors (Lipinski definition) is 2. The van der Waals surface area contributed by atoms with Crippen molar-refractivity contribution < 1.29 is 29.2 Å². The molecule has 2 aliphatic carbocycles. The van der Waals surface area contributed by atoms with Crippen LogP contribution in [0, 0.1) is 0 Å². The minimum Gasteiger partial charge on any atom is -0.387 e. The highest BCUT2D eigenvalue weighted by Crippen LogP contribution is 2.46. The molecule has 0 bridgehead atoms. The minimum atomic E-state index is -1.14. The molecule has 0 aromatic heterocycles. The summed E-state index contributed by atoms with van der Waals surface area (Å²) < 4.78 is 25.3. The molecule has 0 unspecified atom stereocenters. The van der Waals surface area contributed by atoms with Gasteiger partial charge >= 0.3 is 0 Å². The first-order valence-corrected chi connectivity index (χ1v) is 11.7. The Morgan fingerprint density at radius 2 is 1.12 bits per heavy atom. The fourth-order valence-electron chi connectivity index (χ4n) is 5.19. The molecule has 3 fully saturated rings. The van der Waals surface area contributed by atoms with E-state index in [0.717, 1.165) is 43.2 Å². The third-order valence-corrected chi connectivity index (χ3v) is 6.88. The zero-order valence-electron chi connectivity index (χ0n) is 18.2. The molecule has 6 heteroatoms. The second-order valence-corrected chi connectivity index (χ2v) is 9.14. The van der Waals surface area contributed by atoms with Gasteiger partial charge in [-0.15, -0.1) is 0 Å². The van der Waals surface area contributed by atoms with Crippen molar-refractivity contribution in [1.82, 2.24) is 0 Å². The maximum atomic E-state index is 11.0. The van der Waals surface area contributed by atoms with Gasteiger partial charge in [-0.2, -0.15) is 0 Å². The molecule has 0 amide bonds. The van der Waals surface area contributed by atoms with Crippen LogP contribution in [0.25, 0.3) is 0 Å². The molecule has 2 aromatic carbocycles. The monoisotopic (exact) mass is 440 g/mol. The van der Waals surface area contributed by atoms with E-state index in [4.69, 9.17) is 18.9 Å². The molecule has 6 nitrogen and oxygen atoms in total. The number of hydrogen-bond acceptors (Lipinski definition) is 6. The minimum absolute atomic E-state index is 0.324. The van der Waals surface area contributed by atoms with E-state index in [1.54, 1.807) is 0 Å². The van der Waals surface area contributed by atoms with Gasteiger partial charge in [0.05, 0.1) is 13.2 Å². The van der Waals surface area contributed by atoms with Crippen LogP contribution in [0.15, 0.2) is 60.7 Å². The van der Waals surface area contributed by atoms with Gasteiger partial charge in [-0.25, -0.2) is 0 Å². The number of rotatable bonds is 6. The molecule has 1 saturated heterocycles. The van der Waals surface area contributed by atoms with Crippen LogP contribution in [-0.4, -0.2) is 52.6 Å². The van der Waals surface area contributed by atoms with E-state index in [1.807, 2.05) is 60.7 Å². The Labute approximate surface area is 189 Å². The van der Waals surface area contributed by atoms with Crippen LogP contribution in [0.3, 0.4) is 0 Å². The molecule has 3 aliphatic rings. The maximum absolute atomic E-state index is 11.0. The molecule has 2 saturated carbocycles. The molecule has 1 aliphatic heterocycles. The first-order chi connectivity index (χ1) is 15.7. The Kier molecular flexibility index (Phi) is 6.60. The molecule has 6 atom stereocenters. The van der Waals surface area contributed by atoms with Gasteiger partial charge in [-0.05, 0) is 24.0 Å². The van der Waals surface area contributed by atoms with Crippen LogP contribution in [0.1, 0.15) is 43.2 Å². The first kappa shape index (κ1) is 22.0. The van der Waals surface area contributed by atoms with E-state index in [2.05, 4.69) is 0 Å². The summed E-state index contributed by atoms with van der Waals surface area (Å²) >= 11 is 0. The van der Waals surface area contributed by atoms with E-state index in [0.29, 0.717) is 13.2 Å². The quantitative estimate of drug-likeness (QED) is 0.718. The molecule has 1 spiro atoms. The lowest BCUT2D eigenvalue weighted by Gasteiger charge is -2.43. The van der Waals surface area contributed by atoms with Crippen molar-refractivity contribution in [3.8, 4) is 0 Å². The largest absolute Gasteiger partial charge is 0.387 e. The van der Waals surface area contributed by atoms with Crippen molar-refractivity contribution in [1.29, 1.82) is 0 Å². The number of aliphatic hydroxyl groups is 2. The first-order valence-electron chi connectivity index (χ1n) is 11.7. The van der Waals surface area contributed by atoms with Crippen molar-refractivity contribution in [3.63, 3.8) is 0 Å². The predicted octanol–water partition coefficient (Wildman–Crippen LogP) is 3.34. The fourth-order valence-corrected chi connectivity index (χ4v) is 5.19. The molecular formula is C26H32O6. The van der Waals surface area contributed by atoms with Gasteiger partial charge in [0.1, 0.15) is 36.6 Å². The lowest BCUT2D eigenvalue weighted by atomic mass is 9.84. The van der Waals surface area contributed by atoms with E-state index in [-0.39, 0.29) is 0 Å². The number of benzene rings is 2. The summed E-state index contributed by atoms with van der Waals surface area (Å²) in [6, 6.07) is 19.6. The molecule has 172 valence electrons. The van der Waals surface area contributed by atoms with Crippen molar-refractivity contribution >= 4 is 0 Å². The SMILES string of the molecule is O[C@H]1[C@H](O)[C@H](OCc2ccccc2)[C@H]2OC3(CCCCC3)O[C@@H]2[C@H]1OCc1ccccc1. The van der Waals surface area contributed by atoms with Crippen LogP contribution in [0.4, 0.5) is 0 Å². The summed E-state index contributed by atoms with van der Waals surface area (Å²) in [6.45, 7) is 0.648. The Balaban J connectivity index is 1.36. The van der Waals surface area contributed by atoms with E-state index >= 15 is 0 Å². The van der Waals surface area contributed by atoms with Crippen LogP contribution < -0.4 is 0 Å². The summed E-state index contributed by atoms with van der Waals surface area (Å²) in [5.74, 6) is -0.680. The molecule has 2 aromatic rings. The lowest BCUT2D eigenvalue weighted by molar-refractivity contribution is -0.223. The van der Waals surface area contributed by atoms with Gasteiger partial charge < -0.3 is 29.2 Å². The smallest absolute Gasteiger partial charge is 0.169 e.